The van der Waals surface area contributed by atoms with Crippen LogP contribution in [0.4, 0.5) is 0 Å². The third kappa shape index (κ3) is 3.70. The zero-order chi connectivity index (χ0) is 17.9. The van der Waals surface area contributed by atoms with Gasteiger partial charge in [0.25, 0.3) is 0 Å². The average molecular weight is 352 g/mol. The highest BCUT2D eigenvalue weighted by atomic mass is 16.5. The summed E-state index contributed by atoms with van der Waals surface area (Å²) in [6, 6.07) is 10.9. The highest BCUT2D eigenvalue weighted by Crippen LogP contribution is 2.28. The number of hydrogen-bond acceptors (Lipinski definition) is 3. The molecule has 2 heterocycles. The number of rotatable bonds is 6. The quantitative estimate of drug-likeness (QED) is 0.720. The fourth-order valence-electron chi connectivity index (χ4n) is 3.93. The third-order valence-electron chi connectivity index (χ3n) is 5.84. The second-order valence-electron chi connectivity index (χ2n) is 7.52. The molecule has 1 aromatic heterocycles. The van der Waals surface area contributed by atoms with Crippen LogP contribution in [0.1, 0.15) is 55.8 Å². The first-order valence-electron chi connectivity index (χ1n) is 9.95. The van der Waals surface area contributed by atoms with Gasteiger partial charge < -0.3 is 14.2 Å². The third-order valence-corrected chi connectivity index (χ3v) is 5.84. The number of nitrogens with zero attached hydrogens (tertiary/aromatic N) is 2. The molecule has 0 N–H and O–H groups in total. The highest BCUT2D eigenvalue weighted by molar-refractivity contribution is 5.95. The summed E-state index contributed by atoms with van der Waals surface area (Å²) in [4.78, 5) is 14.4. The van der Waals surface area contributed by atoms with Gasteiger partial charge in [-0.1, -0.05) is 13.3 Å². The lowest BCUT2D eigenvalue weighted by molar-refractivity contribution is 0.0493. The fourth-order valence-corrected chi connectivity index (χ4v) is 3.93. The summed E-state index contributed by atoms with van der Waals surface area (Å²) in [5, 5.41) is 0. The maximum absolute atomic E-state index is 11.8. The molecule has 2 fully saturated rings. The van der Waals surface area contributed by atoms with Gasteiger partial charge in [0, 0.05) is 49.2 Å². The van der Waals surface area contributed by atoms with Gasteiger partial charge in [0.15, 0.2) is 5.78 Å². The van der Waals surface area contributed by atoms with Crippen LogP contribution in [-0.4, -0.2) is 40.5 Å². The van der Waals surface area contributed by atoms with E-state index in [-0.39, 0.29) is 5.78 Å². The van der Waals surface area contributed by atoms with E-state index in [0.717, 1.165) is 35.9 Å². The van der Waals surface area contributed by atoms with Crippen molar-refractivity contribution in [1.29, 1.82) is 0 Å². The van der Waals surface area contributed by atoms with Crippen molar-refractivity contribution in [3.8, 4) is 11.4 Å². The lowest BCUT2D eigenvalue weighted by Gasteiger charge is -2.41. The molecule has 1 saturated heterocycles. The normalized spacial score (nSPS) is 19.3. The van der Waals surface area contributed by atoms with E-state index < -0.39 is 0 Å². The molecular formula is C22H28N2O2. The molecule has 1 aliphatic heterocycles. The molecule has 4 heteroatoms. The minimum Gasteiger partial charge on any atom is -0.490 e. The number of carbonyl (C=O) groups excluding carboxylic acids is 1. The van der Waals surface area contributed by atoms with Gasteiger partial charge in [-0.05, 0) is 56.0 Å². The Morgan fingerprint density at radius 3 is 2.42 bits per heavy atom. The smallest absolute Gasteiger partial charge is 0.164 e. The molecule has 2 aliphatic rings. The van der Waals surface area contributed by atoms with Crippen molar-refractivity contribution in [2.75, 3.05) is 13.1 Å². The molecule has 1 aromatic carbocycles. The van der Waals surface area contributed by atoms with Crippen LogP contribution in [0.3, 0.4) is 0 Å². The first-order chi connectivity index (χ1) is 12.7. The van der Waals surface area contributed by atoms with Crippen LogP contribution in [0.2, 0.25) is 0 Å². The first-order valence-corrected chi connectivity index (χ1v) is 9.95. The Bertz CT molecular complexity index is 738. The van der Waals surface area contributed by atoms with Crippen LogP contribution < -0.4 is 4.74 Å². The van der Waals surface area contributed by atoms with Gasteiger partial charge in [-0.2, -0.15) is 0 Å². The summed E-state index contributed by atoms with van der Waals surface area (Å²) in [7, 11) is 0. The largest absolute Gasteiger partial charge is 0.490 e. The van der Waals surface area contributed by atoms with Gasteiger partial charge in [-0.3, -0.25) is 4.79 Å². The standard InChI is InChI=1S/C22H28N2O2/c1-2-22(25)17-10-13-24(16-17)19-6-8-20(9-7-19)26-21-11-14-23(15-12-21)18-4-3-5-18/h6-10,13,16,18,21H,2-5,11-12,14-15H2,1H3. The number of Topliss-reactive ketones (excluding diaryl/α,β-unsaturated/α-hetero) is 1. The van der Waals surface area contributed by atoms with Crippen molar-refractivity contribution in [3.63, 3.8) is 0 Å². The monoisotopic (exact) mass is 352 g/mol. The average Bonchev–Trinajstić information content (AvgIpc) is 3.12. The van der Waals surface area contributed by atoms with E-state index in [1.165, 1.54) is 32.4 Å². The van der Waals surface area contributed by atoms with Crippen LogP contribution in [0.25, 0.3) is 5.69 Å². The summed E-state index contributed by atoms with van der Waals surface area (Å²) in [5.74, 6) is 1.12. The number of likely N-dealkylation sites (tertiary alicyclic amines) is 1. The van der Waals surface area contributed by atoms with E-state index in [1.54, 1.807) is 0 Å². The summed E-state index contributed by atoms with van der Waals surface area (Å²) in [5.41, 5.74) is 1.82. The molecular weight excluding hydrogens is 324 g/mol. The summed E-state index contributed by atoms with van der Waals surface area (Å²) < 4.78 is 8.19. The molecule has 0 bridgehead atoms. The summed E-state index contributed by atoms with van der Waals surface area (Å²) in [6.45, 7) is 4.23. The molecule has 2 aromatic rings. The number of ketones is 1. The number of benzene rings is 1. The zero-order valence-electron chi connectivity index (χ0n) is 15.6. The zero-order valence-corrected chi connectivity index (χ0v) is 15.6. The van der Waals surface area contributed by atoms with Crippen LogP contribution >= 0.6 is 0 Å². The molecule has 4 rings (SSSR count). The molecule has 26 heavy (non-hydrogen) atoms. The Morgan fingerprint density at radius 1 is 1.08 bits per heavy atom. The molecule has 0 atom stereocenters. The predicted octanol–water partition coefficient (Wildman–Crippen LogP) is 4.47. The fraction of sp³-hybridized carbons (Fsp3) is 0.500. The summed E-state index contributed by atoms with van der Waals surface area (Å²) in [6.07, 6.45) is 11.1. The topological polar surface area (TPSA) is 34.5 Å². The van der Waals surface area contributed by atoms with Crippen molar-refractivity contribution in [1.82, 2.24) is 9.47 Å². The van der Waals surface area contributed by atoms with Crippen LogP contribution in [0, 0.1) is 0 Å². The minimum atomic E-state index is 0.178. The highest BCUT2D eigenvalue weighted by Gasteiger charge is 2.29. The molecule has 1 saturated carbocycles. The van der Waals surface area contributed by atoms with Crippen molar-refractivity contribution in [3.05, 3.63) is 48.3 Å². The van der Waals surface area contributed by atoms with Crippen molar-refractivity contribution in [2.24, 2.45) is 0 Å². The van der Waals surface area contributed by atoms with E-state index in [9.17, 15) is 4.79 Å². The lowest BCUT2D eigenvalue weighted by Crippen LogP contribution is -2.46. The minimum absolute atomic E-state index is 0.178. The number of piperidine rings is 1. The van der Waals surface area contributed by atoms with Crippen LogP contribution in [0.5, 0.6) is 5.75 Å². The molecule has 0 spiro atoms. The van der Waals surface area contributed by atoms with Crippen LogP contribution in [0.15, 0.2) is 42.7 Å². The van der Waals surface area contributed by atoms with E-state index in [2.05, 4.69) is 17.0 Å². The van der Waals surface area contributed by atoms with E-state index in [1.807, 2.05) is 42.1 Å². The lowest BCUT2D eigenvalue weighted by atomic mass is 9.90. The van der Waals surface area contributed by atoms with Gasteiger partial charge >= 0.3 is 0 Å². The molecule has 0 radical (unpaired) electrons. The Kier molecular flexibility index (Phi) is 5.11. The molecule has 4 nitrogen and oxygen atoms in total. The van der Waals surface area contributed by atoms with Crippen LogP contribution in [-0.2, 0) is 0 Å². The van der Waals surface area contributed by atoms with Crippen molar-refractivity contribution in [2.45, 2.75) is 57.6 Å². The van der Waals surface area contributed by atoms with Gasteiger partial charge in [0.05, 0.1) is 0 Å². The molecule has 0 amide bonds. The number of aromatic nitrogens is 1. The molecule has 1 aliphatic carbocycles. The van der Waals surface area contributed by atoms with Gasteiger partial charge in [-0.25, -0.2) is 0 Å². The Hall–Kier alpha value is -2.07. The number of hydrogen-bond donors (Lipinski definition) is 0. The second-order valence-corrected chi connectivity index (χ2v) is 7.52. The second kappa shape index (κ2) is 7.67. The predicted molar refractivity (Wildman–Crippen MR) is 103 cm³/mol. The number of carbonyl (C=O) groups is 1. The van der Waals surface area contributed by atoms with E-state index in [0.29, 0.717) is 12.5 Å². The number of ether oxygens (including phenoxy) is 1. The van der Waals surface area contributed by atoms with Gasteiger partial charge in [-0.15, -0.1) is 0 Å². The Balaban J connectivity index is 1.33. The van der Waals surface area contributed by atoms with Gasteiger partial charge in [0.1, 0.15) is 11.9 Å². The maximum Gasteiger partial charge on any atom is 0.164 e. The van der Waals surface area contributed by atoms with E-state index >= 15 is 0 Å². The van der Waals surface area contributed by atoms with Gasteiger partial charge in [0.2, 0.25) is 0 Å². The van der Waals surface area contributed by atoms with Crippen molar-refractivity contribution >= 4 is 5.78 Å². The Labute approximate surface area is 155 Å². The first kappa shape index (κ1) is 17.3. The molecule has 138 valence electrons. The summed E-state index contributed by atoms with van der Waals surface area (Å²) >= 11 is 0. The Morgan fingerprint density at radius 2 is 1.81 bits per heavy atom. The SMILES string of the molecule is CCC(=O)c1ccn(-c2ccc(OC3CCN(C4CCC4)CC3)cc2)c1. The van der Waals surface area contributed by atoms with Crippen molar-refractivity contribution < 1.29 is 9.53 Å². The molecule has 0 unspecified atom stereocenters. The van der Waals surface area contributed by atoms with E-state index in [4.69, 9.17) is 4.74 Å². The maximum atomic E-state index is 11.8.